The number of aromatic hydroxyl groups is 1. The number of alkyl halides is 1. The molecule has 0 saturated heterocycles. The summed E-state index contributed by atoms with van der Waals surface area (Å²) in [5.41, 5.74) is -1.21. The van der Waals surface area contributed by atoms with Gasteiger partial charge in [-0.1, -0.05) is 40.2 Å². The summed E-state index contributed by atoms with van der Waals surface area (Å²) in [6, 6.07) is 0. The van der Waals surface area contributed by atoms with Crippen molar-refractivity contribution in [2.75, 3.05) is 0 Å². The summed E-state index contributed by atoms with van der Waals surface area (Å²) < 4.78 is 0. The van der Waals surface area contributed by atoms with Crippen molar-refractivity contribution in [3.63, 3.8) is 0 Å². The fourth-order valence-electron chi connectivity index (χ4n) is 1.84. The van der Waals surface area contributed by atoms with Gasteiger partial charge in [0, 0.05) is 17.2 Å². The molecule has 102 valence electrons. The minimum Gasteiger partial charge on any atom is -0.502 e. The lowest BCUT2D eigenvalue weighted by Gasteiger charge is -2.18. The van der Waals surface area contributed by atoms with Gasteiger partial charge in [-0.05, 0) is 0 Å². The molecule has 6 nitrogen and oxygen atoms in total. The Labute approximate surface area is 117 Å². The van der Waals surface area contributed by atoms with Crippen molar-refractivity contribution < 1.29 is 15.3 Å². The number of nitrogens with zero attached hydrogens (tertiary/aromatic N) is 1. The van der Waals surface area contributed by atoms with Crippen molar-refractivity contribution in [3.05, 3.63) is 46.2 Å². The van der Waals surface area contributed by atoms with Crippen LogP contribution >= 0.6 is 15.9 Å². The Bertz CT molecular complexity index is 580. The minimum atomic E-state index is -1.98. The van der Waals surface area contributed by atoms with Crippen molar-refractivity contribution in [1.29, 1.82) is 0 Å². The number of H-pyrrole nitrogens is 1. The number of aromatic nitrogens is 2. The van der Waals surface area contributed by atoms with Gasteiger partial charge >= 0.3 is 0 Å². The fourth-order valence-corrected chi connectivity index (χ4v) is 2.38. The van der Waals surface area contributed by atoms with Gasteiger partial charge in [-0.3, -0.25) is 4.79 Å². The molecule has 0 amide bonds. The number of allylic oxidation sites excluding steroid dienone is 4. The van der Waals surface area contributed by atoms with Crippen molar-refractivity contribution >= 4 is 15.9 Å². The molecule has 2 unspecified atom stereocenters. The number of aromatic amines is 1. The Morgan fingerprint density at radius 1 is 1.37 bits per heavy atom. The predicted octanol–water partition coefficient (Wildman–Crippen LogP) is 0.507. The average Bonchev–Trinajstić information content (AvgIpc) is 2.36. The Balaban J connectivity index is 2.29. The maximum absolute atomic E-state index is 11.5. The Hall–Kier alpha value is -1.44. The zero-order valence-electron chi connectivity index (χ0n) is 9.82. The van der Waals surface area contributed by atoms with E-state index in [4.69, 9.17) is 10.2 Å². The summed E-state index contributed by atoms with van der Waals surface area (Å²) in [4.78, 5) is 17.9. The number of hydrogen-bond acceptors (Lipinski definition) is 5. The summed E-state index contributed by atoms with van der Waals surface area (Å²) >= 11 is 3.49. The molecule has 1 aliphatic carbocycles. The quantitative estimate of drug-likeness (QED) is 0.477. The highest BCUT2D eigenvalue weighted by molar-refractivity contribution is 9.09. The zero-order chi connectivity index (χ0) is 14.0. The summed E-state index contributed by atoms with van der Waals surface area (Å²) in [5.74, 6) is -0.394. The van der Waals surface area contributed by atoms with E-state index in [-0.39, 0.29) is 10.7 Å². The van der Waals surface area contributed by atoms with Crippen LogP contribution in [0.5, 0.6) is 5.75 Å². The van der Waals surface area contributed by atoms with Gasteiger partial charge in [0.25, 0.3) is 5.56 Å². The van der Waals surface area contributed by atoms with Crippen LogP contribution in [0.2, 0.25) is 0 Å². The van der Waals surface area contributed by atoms with E-state index in [2.05, 4.69) is 25.9 Å². The molecule has 0 aromatic carbocycles. The van der Waals surface area contributed by atoms with Gasteiger partial charge in [-0.2, -0.15) is 0 Å². The van der Waals surface area contributed by atoms with Gasteiger partial charge in [-0.25, -0.2) is 4.98 Å². The summed E-state index contributed by atoms with van der Waals surface area (Å²) in [6.45, 7) is 0. The van der Waals surface area contributed by atoms with E-state index in [1.807, 2.05) is 24.3 Å². The molecule has 0 radical (unpaired) electrons. The largest absolute Gasteiger partial charge is 0.502 e. The van der Waals surface area contributed by atoms with Gasteiger partial charge in [0.1, 0.15) is 11.5 Å². The molecule has 19 heavy (non-hydrogen) atoms. The Morgan fingerprint density at radius 3 is 2.68 bits per heavy atom. The van der Waals surface area contributed by atoms with Crippen LogP contribution in [0.1, 0.15) is 17.8 Å². The highest BCUT2D eigenvalue weighted by Gasteiger charge is 2.20. The number of halogens is 1. The van der Waals surface area contributed by atoms with E-state index in [1.54, 1.807) is 0 Å². The lowest BCUT2D eigenvalue weighted by Crippen LogP contribution is -2.21. The van der Waals surface area contributed by atoms with Crippen LogP contribution in [0.4, 0.5) is 0 Å². The van der Waals surface area contributed by atoms with Crippen LogP contribution in [0.15, 0.2) is 29.1 Å². The molecule has 2 rings (SSSR count). The molecule has 1 aromatic heterocycles. The zero-order valence-corrected chi connectivity index (χ0v) is 11.4. The van der Waals surface area contributed by atoms with E-state index in [9.17, 15) is 9.90 Å². The van der Waals surface area contributed by atoms with Crippen LogP contribution in [0, 0.1) is 5.92 Å². The highest BCUT2D eigenvalue weighted by Crippen LogP contribution is 2.23. The first-order valence-corrected chi connectivity index (χ1v) is 6.58. The van der Waals surface area contributed by atoms with Crippen molar-refractivity contribution in [2.45, 2.75) is 17.5 Å². The normalized spacial score (nSPS) is 22.1. The van der Waals surface area contributed by atoms with E-state index >= 15 is 0 Å². The molecule has 7 heteroatoms. The third-order valence-corrected chi connectivity index (χ3v) is 3.80. The smallest absolute Gasteiger partial charge is 0.293 e. The molecular formula is C12H13BrN2O4. The third-order valence-electron chi connectivity index (χ3n) is 2.82. The first-order chi connectivity index (χ1) is 8.99. The minimum absolute atomic E-state index is 0.0846. The van der Waals surface area contributed by atoms with Gasteiger partial charge < -0.3 is 20.3 Å². The molecule has 4 N–H and O–H groups in total. The molecule has 1 heterocycles. The third kappa shape index (κ3) is 3.12. The molecule has 1 aromatic rings. The SMILES string of the molecule is O=c1[nH]c(CC2C=CC=CC2Br)nc(C(O)O)c1O. The second-order valence-electron chi connectivity index (χ2n) is 4.20. The molecule has 1 aliphatic rings. The Morgan fingerprint density at radius 2 is 2.05 bits per heavy atom. The van der Waals surface area contributed by atoms with E-state index in [0.717, 1.165) is 0 Å². The maximum atomic E-state index is 11.5. The first kappa shape index (κ1) is 14.0. The molecule has 0 aliphatic heterocycles. The highest BCUT2D eigenvalue weighted by atomic mass is 79.9. The summed E-state index contributed by atoms with van der Waals surface area (Å²) in [5, 5.41) is 27.5. The van der Waals surface area contributed by atoms with Crippen LogP contribution in [0.3, 0.4) is 0 Å². The first-order valence-electron chi connectivity index (χ1n) is 5.66. The van der Waals surface area contributed by atoms with Crippen molar-refractivity contribution in [2.24, 2.45) is 5.92 Å². The lowest BCUT2D eigenvalue weighted by molar-refractivity contribution is -0.0477. The average molecular weight is 329 g/mol. The van der Waals surface area contributed by atoms with Crippen LogP contribution in [-0.4, -0.2) is 30.1 Å². The number of rotatable bonds is 3. The second kappa shape index (κ2) is 5.68. The monoisotopic (exact) mass is 328 g/mol. The molecule has 0 bridgehead atoms. The molecule has 0 spiro atoms. The number of nitrogens with one attached hydrogen (secondary N) is 1. The Kier molecular flexibility index (Phi) is 4.18. The molecular weight excluding hydrogens is 316 g/mol. The van der Waals surface area contributed by atoms with Crippen LogP contribution in [-0.2, 0) is 6.42 Å². The van der Waals surface area contributed by atoms with E-state index in [0.29, 0.717) is 12.2 Å². The van der Waals surface area contributed by atoms with Gasteiger partial charge in [0.05, 0.1) is 0 Å². The van der Waals surface area contributed by atoms with E-state index in [1.165, 1.54) is 0 Å². The fraction of sp³-hybridized carbons (Fsp3) is 0.333. The van der Waals surface area contributed by atoms with E-state index < -0.39 is 23.3 Å². The topological polar surface area (TPSA) is 106 Å². The summed E-state index contributed by atoms with van der Waals surface area (Å²) in [7, 11) is 0. The number of hydrogen-bond donors (Lipinski definition) is 4. The second-order valence-corrected chi connectivity index (χ2v) is 5.26. The van der Waals surface area contributed by atoms with Crippen LogP contribution in [0.25, 0.3) is 0 Å². The van der Waals surface area contributed by atoms with Crippen molar-refractivity contribution in [3.8, 4) is 5.75 Å². The van der Waals surface area contributed by atoms with Crippen molar-refractivity contribution in [1.82, 2.24) is 9.97 Å². The van der Waals surface area contributed by atoms with Gasteiger partial charge in [-0.15, -0.1) is 0 Å². The number of aliphatic hydroxyl groups excluding tert-OH is 1. The maximum Gasteiger partial charge on any atom is 0.293 e. The van der Waals surface area contributed by atoms with Gasteiger partial charge in [0.2, 0.25) is 5.75 Å². The summed E-state index contributed by atoms with van der Waals surface area (Å²) in [6.07, 6.45) is 6.15. The van der Waals surface area contributed by atoms with Crippen LogP contribution < -0.4 is 5.56 Å². The molecule has 2 atom stereocenters. The lowest BCUT2D eigenvalue weighted by atomic mass is 9.97. The predicted molar refractivity (Wildman–Crippen MR) is 71.9 cm³/mol. The number of aliphatic hydroxyl groups is 2. The molecule has 0 saturated carbocycles. The standard InChI is InChI=1S/C12H13BrN2O4/c13-7-4-2-1-3-6(7)5-8-14-9(12(18)19)10(16)11(17)15-8/h1-4,6-7,12,16,18-19H,5H2,(H,14,15,17). The molecule has 0 fully saturated rings. The van der Waals surface area contributed by atoms with Gasteiger partial charge in [0.15, 0.2) is 6.29 Å².